The number of aromatic nitrogens is 2. The Kier molecular flexibility index (Phi) is 5.93. The smallest absolute Gasteiger partial charge is 0.262 e. The van der Waals surface area contributed by atoms with Gasteiger partial charge in [0.1, 0.15) is 0 Å². The van der Waals surface area contributed by atoms with Crippen LogP contribution in [0, 0.1) is 12.8 Å². The molecule has 3 rings (SSSR count). The van der Waals surface area contributed by atoms with Crippen LogP contribution in [0.25, 0.3) is 0 Å². The molecule has 0 unspecified atom stereocenters. The normalized spacial score (nSPS) is 15.0. The molecule has 0 saturated carbocycles. The Bertz CT molecular complexity index is 759. The van der Waals surface area contributed by atoms with E-state index in [1.54, 1.807) is 30.3 Å². The molecule has 1 aromatic heterocycles. The van der Waals surface area contributed by atoms with E-state index < -0.39 is 0 Å². The lowest BCUT2D eigenvalue weighted by atomic mass is 10.00. The topological polar surface area (TPSA) is 67.3 Å². The lowest BCUT2D eigenvalue weighted by Crippen LogP contribution is -2.34. The van der Waals surface area contributed by atoms with Gasteiger partial charge in [0.15, 0.2) is 6.61 Å². The number of nitrogens with one attached hydrogen (secondary N) is 1. The van der Waals surface area contributed by atoms with Crippen molar-refractivity contribution in [3.8, 4) is 5.88 Å². The van der Waals surface area contributed by atoms with Gasteiger partial charge in [-0.05, 0) is 49.9 Å². The first-order chi connectivity index (χ1) is 12.5. The summed E-state index contributed by atoms with van der Waals surface area (Å²) in [5.74, 6) is 1.57. The fourth-order valence-electron chi connectivity index (χ4n) is 2.82. The van der Waals surface area contributed by atoms with Gasteiger partial charge in [-0.3, -0.25) is 4.79 Å². The number of carbonyl (C=O) groups is 1. The van der Waals surface area contributed by atoms with Gasteiger partial charge in [-0.15, -0.1) is 0 Å². The highest BCUT2D eigenvalue weighted by Crippen LogP contribution is 2.22. The van der Waals surface area contributed by atoms with Gasteiger partial charge in [0.05, 0.1) is 0 Å². The maximum absolute atomic E-state index is 12.1. The number of amides is 1. The Balaban J connectivity index is 1.59. The molecule has 138 valence electrons. The van der Waals surface area contributed by atoms with Gasteiger partial charge in [-0.2, -0.15) is 4.98 Å². The van der Waals surface area contributed by atoms with Crippen LogP contribution in [0.15, 0.2) is 30.3 Å². The molecule has 1 fully saturated rings. The largest absolute Gasteiger partial charge is 0.467 e. The fraction of sp³-hybridized carbons (Fsp3) is 0.421. The molecule has 0 bridgehead atoms. The molecule has 1 aromatic carbocycles. The van der Waals surface area contributed by atoms with E-state index >= 15 is 0 Å². The summed E-state index contributed by atoms with van der Waals surface area (Å²) in [6.07, 6.45) is 2.27. The number of hydrogen-bond acceptors (Lipinski definition) is 5. The number of rotatable bonds is 5. The van der Waals surface area contributed by atoms with Crippen molar-refractivity contribution < 1.29 is 9.53 Å². The second-order valence-corrected chi connectivity index (χ2v) is 7.10. The second-order valence-electron chi connectivity index (χ2n) is 6.66. The predicted molar refractivity (Wildman–Crippen MR) is 103 cm³/mol. The zero-order chi connectivity index (χ0) is 18.5. The van der Waals surface area contributed by atoms with Crippen molar-refractivity contribution in [3.63, 3.8) is 0 Å². The van der Waals surface area contributed by atoms with Gasteiger partial charge < -0.3 is 15.0 Å². The first kappa shape index (κ1) is 18.5. The molecule has 6 nitrogen and oxygen atoms in total. The molecular weight excluding hydrogens is 352 g/mol. The summed E-state index contributed by atoms with van der Waals surface area (Å²) in [5.41, 5.74) is 1.49. The van der Waals surface area contributed by atoms with Crippen molar-refractivity contribution in [2.45, 2.75) is 26.7 Å². The SMILES string of the molecule is Cc1cc(OCC(=O)Nc2ccc(Cl)cc2)nc(N2CCC(C)CC2)n1. The monoisotopic (exact) mass is 374 g/mol. The Labute approximate surface area is 158 Å². The highest BCUT2D eigenvalue weighted by molar-refractivity contribution is 6.30. The molecule has 1 saturated heterocycles. The van der Waals surface area contributed by atoms with Crippen molar-refractivity contribution in [1.29, 1.82) is 0 Å². The van der Waals surface area contributed by atoms with Crippen molar-refractivity contribution in [2.75, 3.05) is 29.9 Å². The van der Waals surface area contributed by atoms with Gasteiger partial charge in [0.2, 0.25) is 11.8 Å². The van der Waals surface area contributed by atoms with Gasteiger partial charge in [-0.1, -0.05) is 18.5 Å². The van der Waals surface area contributed by atoms with Crippen LogP contribution in [0.2, 0.25) is 5.02 Å². The summed E-state index contributed by atoms with van der Waals surface area (Å²) in [4.78, 5) is 23.2. The van der Waals surface area contributed by atoms with Gasteiger partial charge in [0, 0.05) is 35.6 Å². The first-order valence-corrected chi connectivity index (χ1v) is 9.16. The van der Waals surface area contributed by atoms with E-state index in [0.717, 1.165) is 37.5 Å². The lowest BCUT2D eigenvalue weighted by molar-refractivity contribution is -0.118. The highest BCUT2D eigenvalue weighted by atomic mass is 35.5. The summed E-state index contributed by atoms with van der Waals surface area (Å²) in [5, 5.41) is 3.38. The van der Waals surface area contributed by atoms with Crippen LogP contribution in [0.4, 0.5) is 11.6 Å². The number of aryl methyl sites for hydroxylation is 1. The third kappa shape index (κ3) is 5.08. The fourth-order valence-corrected chi connectivity index (χ4v) is 2.94. The number of carbonyl (C=O) groups excluding carboxylic acids is 1. The van der Waals surface area contributed by atoms with Crippen molar-refractivity contribution in [1.82, 2.24) is 9.97 Å². The van der Waals surface area contributed by atoms with Crippen molar-refractivity contribution in [2.24, 2.45) is 5.92 Å². The molecule has 1 aliphatic heterocycles. The Morgan fingerprint density at radius 1 is 1.27 bits per heavy atom. The zero-order valence-electron chi connectivity index (χ0n) is 15.0. The highest BCUT2D eigenvalue weighted by Gasteiger charge is 2.19. The van der Waals surface area contributed by atoms with Crippen LogP contribution >= 0.6 is 11.6 Å². The average molecular weight is 375 g/mol. The molecule has 7 heteroatoms. The standard InChI is InChI=1S/C19H23ClN4O2/c1-13-7-9-24(10-8-13)19-21-14(2)11-18(23-19)26-12-17(25)22-16-5-3-15(20)4-6-16/h3-6,11,13H,7-10,12H2,1-2H3,(H,22,25). The first-order valence-electron chi connectivity index (χ1n) is 8.78. The minimum absolute atomic E-state index is 0.116. The van der Waals surface area contributed by atoms with Crippen LogP contribution in [0.1, 0.15) is 25.5 Å². The quantitative estimate of drug-likeness (QED) is 0.864. The zero-order valence-corrected chi connectivity index (χ0v) is 15.8. The number of piperidine rings is 1. The molecule has 26 heavy (non-hydrogen) atoms. The van der Waals surface area contributed by atoms with Crippen LogP contribution in [0.3, 0.4) is 0 Å². The Morgan fingerprint density at radius 3 is 2.65 bits per heavy atom. The van der Waals surface area contributed by atoms with Gasteiger partial charge >= 0.3 is 0 Å². The molecule has 1 aliphatic rings. The van der Waals surface area contributed by atoms with E-state index in [2.05, 4.69) is 27.1 Å². The Morgan fingerprint density at radius 2 is 1.96 bits per heavy atom. The van der Waals surface area contributed by atoms with Crippen LogP contribution in [-0.4, -0.2) is 35.6 Å². The molecular formula is C19H23ClN4O2. The number of halogens is 1. The summed E-state index contributed by atoms with van der Waals surface area (Å²) < 4.78 is 5.58. The third-order valence-electron chi connectivity index (χ3n) is 4.36. The van der Waals surface area contributed by atoms with E-state index in [1.807, 2.05) is 6.92 Å². The van der Waals surface area contributed by atoms with Crippen molar-refractivity contribution in [3.05, 3.63) is 41.0 Å². The minimum Gasteiger partial charge on any atom is -0.467 e. The Hall–Kier alpha value is -2.34. The van der Waals surface area contributed by atoms with E-state index in [1.165, 1.54) is 0 Å². The maximum Gasteiger partial charge on any atom is 0.262 e. The van der Waals surface area contributed by atoms with Crippen LogP contribution in [0.5, 0.6) is 5.88 Å². The van der Waals surface area contributed by atoms with Gasteiger partial charge in [-0.25, -0.2) is 4.98 Å². The summed E-state index contributed by atoms with van der Waals surface area (Å²) in [7, 11) is 0. The summed E-state index contributed by atoms with van der Waals surface area (Å²) >= 11 is 5.84. The van der Waals surface area contributed by atoms with Crippen molar-refractivity contribution >= 4 is 29.1 Å². The molecule has 2 aromatic rings. The summed E-state index contributed by atoms with van der Waals surface area (Å²) in [6, 6.07) is 8.66. The van der Waals surface area contributed by atoms with E-state index in [4.69, 9.17) is 16.3 Å². The predicted octanol–water partition coefficient (Wildman–Crippen LogP) is 3.69. The number of nitrogens with zero attached hydrogens (tertiary/aromatic N) is 3. The molecule has 0 spiro atoms. The maximum atomic E-state index is 12.1. The number of anilines is 2. The molecule has 0 atom stereocenters. The second kappa shape index (κ2) is 8.36. The van der Waals surface area contributed by atoms with E-state index in [0.29, 0.717) is 22.5 Å². The van der Waals surface area contributed by atoms with E-state index in [-0.39, 0.29) is 12.5 Å². The lowest BCUT2D eigenvalue weighted by Gasteiger charge is -2.30. The van der Waals surface area contributed by atoms with Crippen LogP contribution in [-0.2, 0) is 4.79 Å². The number of ether oxygens (including phenoxy) is 1. The number of hydrogen-bond donors (Lipinski definition) is 1. The summed E-state index contributed by atoms with van der Waals surface area (Å²) in [6.45, 7) is 5.94. The molecule has 1 N–H and O–H groups in total. The third-order valence-corrected chi connectivity index (χ3v) is 4.62. The van der Waals surface area contributed by atoms with Crippen LogP contribution < -0.4 is 15.0 Å². The average Bonchev–Trinajstić information content (AvgIpc) is 2.62. The minimum atomic E-state index is -0.253. The van der Waals surface area contributed by atoms with E-state index in [9.17, 15) is 4.79 Å². The molecule has 1 amide bonds. The van der Waals surface area contributed by atoms with Gasteiger partial charge in [0.25, 0.3) is 5.91 Å². The molecule has 0 radical (unpaired) electrons. The number of benzene rings is 1. The molecule has 2 heterocycles. The molecule has 0 aliphatic carbocycles.